The Labute approximate surface area is 231 Å². The third-order valence-corrected chi connectivity index (χ3v) is 8.11. The van der Waals surface area contributed by atoms with Gasteiger partial charge in [-0.1, -0.05) is 80.6 Å². The molecule has 2 aromatic rings. The first-order valence-electron chi connectivity index (χ1n) is 13.6. The van der Waals surface area contributed by atoms with Crippen LogP contribution in [0.1, 0.15) is 58.1 Å². The van der Waals surface area contributed by atoms with Crippen molar-refractivity contribution in [3.8, 4) is 0 Å². The van der Waals surface area contributed by atoms with Gasteiger partial charge in [0.25, 0.3) is 0 Å². The van der Waals surface area contributed by atoms with Gasteiger partial charge >= 0.3 is 11.9 Å². The Morgan fingerprint density at radius 2 is 1.51 bits per heavy atom. The monoisotopic (exact) mass is 527 g/mol. The van der Waals surface area contributed by atoms with Crippen LogP contribution in [0.15, 0.2) is 85.0 Å². The maximum Gasteiger partial charge on any atom is 0.309 e. The van der Waals surface area contributed by atoms with E-state index in [-0.39, 0.29) is 29.7 Å². The van der Waals surface area contributed by atoms with Crippen LogP contribution in [0.3, 0.4) is 0 Å². The summed E-state index contributed by atoms with van der Waals surface area (Å²) in [6.07, 6.45) is 13.3. The van der Waals surface area contributed by atoms with Gasteiger partial charge in [-0.05, 0) is 31.9 Å². The molecule has 0 aromatic heterocycles. The molecule has 0 saturated carbocycles. The normalized spacial score (nSPS) is 19.4. The minimum atomic E-state index is -0.805. The van der Waals surface area contributed by atoms with E-state index >= 15 is 0 Å². The maximum atomic E-state index is 11.3. The summed E-state index contributed by atoms with van der Waals surface area (Å²) in [7, 11) is 0. The Balaban J connectivity index is 1.47. The van der Waals surface area contributed by atoms with Crippen molar-refractivity contribution in [3.63, 3.8) is 0 Å². The molecule has 6 nitrogen and oxygen atoms in total. The number of aliphatic carboxylic acids is 2. The van der Waals surface area contributed by atoms with Crippen molar-refractivity contribution in [2.45, 2.75) is 63.8 Å². The number of carboxylic acids is 2. The fourth-order valence-corrected chi connectivity index (χ4v) is 6.07. The van der Waals surface area contributed by atoms with Crippen LogP contribution in [0.2, 0.25) is 0 Å². The van der Waals surface area contributed by atoms with E-state index in [1.165, 1.54) is 11.1 Å². The molecule has 0 saturated heterocycles. The first-order chi connectivity index (χ1) is 18.5. The van der Waals surface area contributed by atoms with Crippen LogP contribution >= 0.6 is 0 Å². The molecule has 0 radical (unpaired) electrons. The lowest BCUT2D eigenvalue weighted by Crippen LogP contribution is -2.42. The largest absolute Gasteiger partial charge is 0.481 e. The van der Waals surface area contributed by atoms with E-state index in [1.807, 2.05) is 48.6 Å². The van der Waals surface area contributed by atoms with E-state index in [4.69, 9.17) is 0 Å². The van der Waals surface area contributed by atoms with Gasteiger partial charge in [0, 0.05) is 41.4 Å². The highest BCUT2D eigenvalue weighted by Crippen LogP contribution is 2.46. The summed E-state index contributed by atoms with van der Waals surface area (Å²) in [5.74, 6) is -1.59. The van der Waals surface area contributed by atoms with Gasteiger partial charge in [0.1, 0.15) is 6.42 Å². The Morgan fingerprint density at radius 3 is 2.23 bits per heavy atom. The fraction of sp³-hybridized carbons (Fsp3) is 0.364. The zero-order chi connectivity index (χ0) is 28.2. The summed E-state index contributed by atoms with van der Waals surface area (Å²) < 4.78 is 2.12. The van der Waals surface area contributed by atoms with Gasteiger partial charge in [-0.3, -0.25) is 9.59 Å². The molecule has 0 fully saturated rings. The summed E-state index contributed by atoms with van der Waals surface area (Å²) in [4.78, 5) is 24.8. The number of benzene rings is 2. The quantitative estimate of drug-likeness (QED) is 0.267. The summed E-state index contributed by atoms with van der Waals surface area (Å²) >= 11 is 0. The molecule has 0 bridgehead atoms. The molecule has 6 heteroatoms. The highest BCUT2D eigenvalue weighted by atomic mass is 16.4. The SMILES string of the molecule is CC1(C)C(/C=C/C=C/C=C/CC2N(CCC(=O)O)c3ccccc3C2(C)C)=[N+](CCC(=O)O)c2ccccc21. The van der Waals surface area contributed by atoms with Crippen molar-refractivity contribution < 1.29 is 24.4 Å². The molecule has 2 aliphatic rings. The molecule has 1 unspecified atom stereocenters. The average molecular weight is 528 g/mol. The van der Waals surface area contributed by atoms with E-state index in [9.17, 15) is 19.8 Å². The van der Waals surface area contributed by atoms with Crippen molar-refractivity contribution in [1.82, 2.24) is 0 Å². The fourth-order valence-electron chi connectivity index (χ4n) is 6.07. The molecule has 204 valence electrons. The van der Waals surface area contributed by atoms with Crippen molar-refractivity contribution in [2.75, 3.05) is 18.0 Å². The summed E-state index contributed by atoms with van der Waals surface area (Å²) in [6, 6.07) is 16.7. The summed E-state index contributed by atoms with van der Waals surface area (Å²) in [5, 5.41) is 18.5. The average Bonchev–Trinajstić information content (AvgIpc) is 3.24. The number of rotatable bonds is 11. The molecular weight excluding hydrogens is 488 g/mol. The van der Waals surface area contributed by atoms with E-state index in [0.717, 1.165) is 23.5 Å². The molecule has 4 rings (SSSR count). The lowest BCUT2D eigenvalue weighted by atomic mass is 9.79. The van der Waals surface area contributed by atoms with Crippen LogP contribution in [0, 0.1) is 0 Å². The molecule has 0 amide bonds. The van der Waals surface area contributed by atoms with Gasteiger partial charge < -0.3 is 15.1 Å². The predicted molar refractivity (Wildman–Crippen MR) is 156 cm³/mol. The molecule has 2 aromatic carbocycles. The highest BCUT2D eigenvalue weighted by molar-refractivity contribution is 6.03. The first kappa shape index (κ1) is 28.1. The molecule has 1 atom stereocenters. The Morgan fingerprint density at radius 1 is 0.872 bits per heavy atom. The minimum absolute atomic E-state index is 0.0746. The van der Waals surface area contributed by atoms with Gasteiger partial charge in [0.2, 0.25) is 5.69 Å². The molecule has 39 heavy (non-hydrogen) atoms. The number of carbonyl (C=O) groups is 2. The zero-order valence-corrected chi connectivity index (χ0v) is 23.3. The lowest BCUT2D eigenvalue weighted by Gasteiger charge is -2.33. The van der Waals surface area contributed by atoms with E-state index in [1.54, 1.807) is 0 Å². The highest BCUT2D eigenvalue weighted by Gasteiger charge is 2.44. The number of para-hydroxylation sites is 2. The third-order valence-electron chi connectivity index (χ3n) is 8.11. The smallest absolute Gasteiger partial charge is 0.309 e. The van der Waals surface area contributed by atoms with Crippen LogP contribution in [0.25, 0.3) is 0 Å². The van der Waals surface area contributed by atoms with Gasteiger partial charge in [-0.25, -0.2) is 0 Å². The molecular formula is C33H39N2O4+. The second-order valence-corrected chi connectivity index (χ2v) is 11.3. The number of nitrogens with zero attached hydrogens (tertiary/aromatic N) is 2. The second kappa shape index (κ2) is 11.4. The summed E-state index contributed by atoms with van der Waals surface area (Å²) in [5.41, 5.74) is 5.42. The van der Waals surface area contributed by atoms with Gasteiger partial charge in [0.15, 0.2) is 12.3 Å². The minimum Gasteiger partial charge on any atom is -0.481 e. The lowest BCUT2D eigenvalue weighted by molar-refractivity contribution is -0.436. The molecule has 2 heterocycles. The zero-order valence-electron chi connectivity index (χ0n) is 23.3. The topological polar surface area (TPSA) is 80.9 Å². The number of allylic oxidation sites excluding steroid dienone is 5. The molecule has 0 spiro atoms. The van der Waals surface area contributed by atoms with Crippen molar-refractivity contribution in [3.05, 3.63) is 96.1 Å². The number of hydrogen-bond donors (Lipinski definition) is 2. The third kappa shape index (κ3) is 5.75. The first-order valence-corrected chi connectivity index (χ1v) is 13.6. The van der Waals surface area contributed by atoms with Crippen molar-refractivity contribution in [2.24, 2.45) is 0 Å². The van der Waals surface area contributed by atoms with E-state index in [0.29, 0.717) is 13.1 Å². The number of carboxylic acid groups (broad SMARTS) is 2. The van der Waals surface area contributed by atoms with Crippen LogP contribution in [0.5, 0.6) is 0 Å². The number of fused-ring (bicyclic) bond motifs is 2. The van der Waals surface area contributed by atoms with Gasteiger partial charge in [0.05, 0.1) is 11.8 Å². The Kier molecular flexibility index (Phi) is 8.24. The molecule has 2 aliphatic heterocycles. The standard InChI is InChI=1S/C33H38N2O4/c1-32(2)24-14-10-12-16-26(24)34(22-20-30(36)37)28(32)18-8-6-5-7-9-19-29-33(3,4)25-15-11-13-17-27(25)35(29)23-21-31(38)39/h5-18,29H,19-23H2,1-4H3,(H-,36,37,38,39)/p+1/b6-5+,9-7+,18-8+. The Hall–Kier alpha value is -3.93. The number of hydrogen-bond acceptors (Lipinski definition) is 3. The molecule has 2 N–H and O–H groups in total. The van der Waals surface area contributed by atoms with Crippen molar-refractivity contribution in [1.29, 1.82) is 0 Å². The van der Waals surface area contributed by atoms with Crippen LogP contribution in [-0.4, -0.2) is 51.6 Å². The molecule has 0 aliphatic carbocycles. The Bertz CT molecular complexity index is 1360. The van der Waals surface area contributed by atoms with Crippen LogP contribution in [-0.2, 0) is 20.4 Å². The van der Waals surface area contributed by atoms with Gasteiger partial charge in [-0.15, -0.1) is 0 Å². The van der Waals surface area contributed by atoms with Crippen LogP contribution < -0.4 is 4.90 Å². The second-order valence-electron chi connectivity index (χ2n) is 11.3. The van der Waals surface area contributed by atoms with E-state index < -0.39 is 11.9 Å². The van der Waals surface area contributed by atoms with Crippen molar-refractivity contribution >= 4 is 29.0 Å². The summed E-state index contributed by atoms with van der Waals surface area (Å²) in [6.45, 7) is 9.73. The van der Waals surface area contributed by atoms with Gasteiger partial charge in [-0.2, -0.15) is 4.58 Å². The number of anilines is 1. The predicted octanol–water partition coefficient (Wildman–Crippen LogP) is 6.24. The van der Waals surface area contributed by atoms with Crippen LogP contribution in [0.4, 0.5) is 11.4 Å². The maximum absolute atomic E-state index is 11.3. The van der Waals surface area contributed by atoms with E-state index in [2.05, 4.69) is 73.6 Å².